The SMILES string of the molecule is Clc1ccc(C2=C[C@@H](c3cccs3)n3ncnc3N2)cc1. The van der Waals surface area contributed by atoms with E-state index in [2.05, 4.69) is 39.0 Å². The summed E-state index contributed by atoms with van der Waals surface area (Å²) in [6, 6.07) is 12.0. The summed E-state index contributed by atoms with van der Waals surface area (Å²) < 4.78 is 1.89. The normalized spacial score (nSPS) is 17.0. The third-order valence-electron chi connectivity index (χ3n) is 3.40. The van der Waals surface area contributed by atoms with Gasteiger partial charge in [-0.05, 0) is 35.2 Å². The molecule has 3 aromatic rings. The molecule has 3 heterocycles. The average Bonchev–Trinajstić information content (AvgIpc) is 3.18. The average molecular weight is 315 g/mol. The zero-order valence-electron chi connectivity index (χ0n) is 10.9. The number of anilines is 1. The molecule has 0 saturated carbocycles. The fraction of sp³-hybridized carbons (Fsp3) is 0.0667. The zero-order valence-corrected chi connectivity index (χ0v) is 12.5. The lowest BCUT2D eigenvalue weighted by molar-refractivity contribution is 0.620. The Kier molecular flexibility index (Phi) is 3.02. The molecule has 0 unspecified atom stereocenters. The molecule has 0 fully saturated rings. The number of halogens is 1. The fourth-order valence-electron chi connectivity index (χ4n) is 2.39. The second-order valence-corrected chi connectivity index (χ2v) is 6.12. The number of rotatable bonds is 2. The van der Waals surface area contributed by atoms with Gasteiger partial charge in [-0.25, -0.2) is 4.68 Å². The van der Waals surface area contributed by atoms with E-state index in [0.29, 0.717) is 0 Å². The Labute approximate surface area is 130 Å². The van der Waals surface area contributed by atoms with Crippen molar-refractivity contribution in [2.75, 3.05) is 5.32 Å². The van der Waals surface area contributed by atoms with E-state index in [1.54, 1.807) is 17.7 Å². The summed E-state index contributed by atoms with van der Waals surface area (Å²) in [5.74, 6) is 0.751. The maximum atomic E-state index is 5.96. The van der Waals surface area contributed by atoms with Gasteiger partial charge >= 0.3 is 0 Å². The predicted molar refractivity (Wildman–Crippen MR) is 85.5 cm³/mol. The highest BCUT2D eigenvalue weighted by atomic mass is 35.5. The van der Waals surface area contributed by atoms with Crippen LogP contribution in [0.2, 0.25) is 5.02 Å². The molecule has 1 aliphatic rings. The summed E-state index contributed by atoms with van der Waals surface area (Å²) in [6.07, 6.45) is 3.73. The number of allylic oxidation sites excluding steroid dienone is 1. The van der Waals surface area contributed by atoms with E-state index < -0.39 is 0 Å². The lowest BCUT2D eigenvalue weighted by Crippen LogP contribution is -2.19. The first kappa shape index (κ1) is 12.6. The van der Waals surface area contributed by atoms with Crippen molar-refractivity contribution in [3.63, 3.8) is 0 Å². The van der Waals surface area contributed by atoms with Gasteiger partial charge in [0.05, 0.1) is 0 Å². The van der Waals surface area contributed by atoms with Crippen LogP contribution in [0.15, 0.2) is 54.2 Å². The number of hydrogen-bond acceptors (Lipinski definition) is 4. The first-order valence-electron chi connectivity index (χ1n) is 6.49. The summed E-state index contributed by atoms with van der Waals surface area (Å²) in [7, 11) is 0. The van der Waals surface area contributed by atoms with Crippen molar-refractivity contribution in [2.45, 2.75) is 6.04 Å². The van der Waals surface area contributed by atoms with Gasteiger partial charge in [-0.15, -0.1) is 11.3 Å². The smallest absolute Gasteiger partial charge is 0.226 e. The van der Waals surface area contributed by atoms with Crippen LogP contribution in [-0.2, 0) is 0 Å². The number of fused-ring (bicyclic) bond motifs is 1. The molecule has 4 nitrogen and oxygen atoms in total. The highest BCUT2D eigenvalue weighted by Gasteiger charge is 2.23. The molecular weight excluding hydrogens is 304 g/mol. The highest BCUT2D eigenvalue weighted by Crippen LogP contribution is 2.33. The minimum Gasteiger partial charge on any atom is -0.324 e. The maximum absolute atomic E-state index is 5.96. The molecule has 0 amide bonds. The van der Waals surface area contributed by atoms with Gasteiger partial charge in [0.1, 0.15) is 12.4 Å². The van der Waals surface area contributed by atoms with Crippen LogP contribution in [0, 0.1) is 0 Å². The lowest BCUT2D eigenvalue weighted by atomic mass is 10.1. The van der Waals surface area contributed by atoms with E-state index in [1.165, 1.54) is 4.88 Å². The quantitative estimate of drug-likeness (QED) is 0.776. The van der Waals surface area contributed by atoms with Crippen LogP contribution in [-0.4, -0.2) is 14.8 Å². The Morgan fingerprint density at radius 2 is 2.05 bits per heavy atom. The summed E-state index contributed by atoms with van der Waals surface area (Å²) in [5.41, 5.74) is 2.10. The lowest BCUT2D eigenvalue weighted by Gasteiger charge is -2.23. The molecular formula is C15H11ClN4S. The van der Waals surface area contributed by atoms with Crippen LogP contribution in [0.3, 0.4) is 0 Å². The topological polar surface area (TPSA) is 42.7 Å². The van der Waals surface area contributed by atoms with Crippen molar-refractivity contribution in [2.24, 2.45) is 0 Å². The molecule has 0 aliphatic carbocycles. The van der Waals surface area contributed by atoms with Gasteiger partial charge in [-0.2, -0.15) is 10.1 Å². The summed E-state index contributed by atoms with van der Waals surface area (Å²) in [6.45, 7) is 0. The van der Waals surface area contributed by atoms with E-state index in [1.807, 2.05) is 28.9 Å². The van der Waals surface area contributed by atoms with Crippen LogP contribution < -0.4 is 5.32 Å². The van der Waals surface area contributed by atoms with E-state index >= 15 is 0 Å². The molecule has 1 atom stereocenters. The summed E-state index contributed by atoms with van der Waals surface area (Å²) in [4.78, 5) is 5.52. The molecule has 0 bridgehead atoms. The Morgan fingerprint density at radius 3 is 2.81 bits per heavy atom. The number of nitrogens with one attached hydrogen (secondary N) is 1. The number of thiophene rings is 1. The van der Waals surface area contributed by atoms with Crippen molar-refractivity contribution in [3.8, 4) is 0 Å². The zero-order chi connectivity index (χ0) is 14.2. The molecule has 1 N–H and O–H groups in total. The number of aromatic nitrogens is 3. The second kappa shape index (κ2) is 5.02. The Bertz CT molecular complexity index is 789. The molecule has 21 heavy (non-hydrogen) atoms. The van der Waals surface area contributed by atoms with Crippen molar-refractivity contribution >= 4 is 34.6 Å². The Hall–Kier alpha value is -2.11. The minimum absolute atomic E-state index is 0.0643. The van der Waals surface area contributed by atoms with Crippen molar-refractivity contribution in [1.82, 2.24) is 14.8 Å². The van der Waals surface area contributed by atoms with E-state index in [4.69, 9.17) is 11.6 Å². The van der Waals surface area contributed by atoms with Gasteiger partial charge in [0.15, 0.2) is 0 Å². The molecule has 6 heteroatoms. The van der Waals surface area contributed by atoms with E-state index in [0.717, 1.165) is 22.2 Å². The molecule has 0 spiro atoms. The van der Waals surface area contributed by atoms with Gasteiger partial charge in [-0.1, -0.05) is 29.8 Å². The maximum Gasteiger partial charge on any atom is 0.226 e. The summed E-state index contributed by atoms with van der Waals surface area (Å²) in [5, 5.41) is 10.4. The van der Waals surface area contributed by atoms with Gasteiger partial charge in [0.25, 0.3) is 0 Å². The van der Waals surface area contributed by atoms with E-state index in [-0.39, 0.29) is 6.04 Å². The second-order valence-electron chi connectivity index (χ2n) is 4.70. The van der Waals surface area contributed by atoms with E-state index in [9.17, 15) is 0 Å². The first-order chi connectivity index (χ1) is 10.3. The largest absolute Gasteiger partial charge is 0.324 e. The molecule has 2 aromatic heterocycles. The Balaban J connectivity index is 1.80. The third kappa shape index (κ3) is 2.24. The molecule has 0 saturated heterocycles. The monoisotopic (exact) mass is 314 g/mol. The summed E-state index contributed by atoms with van der Waals surface area (Å²) >= 11 is 7.67. The number of benzene rings is 1. The Morgan fingerprint density at radius 1 is 1.19 bits per heavy atom. The van der Waals surface area contributed by atoms with Crippen LogP contribution in [0.4, 0.5) is 5.95 Å². The first-order valence-corrected chi connectivity index (χ1v) is 7.75. The van der Waals surface area contributed by atoms with Crippen molar-refractivity contribution in [1.29, 1.82) is 0 Å². The molecule has 1 aliphatic heterocycles. The molecule has 0 radical (unpaired) electrons. The van der Waals surface area contributed by atoms with Crippen molar-refractivity contribution in [3.05, 3.63) is 69.6 Å². The molecule has 4 rings (SSSR count). The molecule has 1 aromatic carbocycles. The minimum atomic E-state index is 0.0643. The van der Waals surface area contributed by atoms with Crippen LogP contribution >= 0.6 is 22.9 Å². The van der Waals surface area contributed by atoms with Crippen molar-refractivity contribution < 1.29 is 0 Å². The van der Waals surface area contributed by atoms with Gasteiger partial charge in [0.2, 0.25) is 5.95 Å². The standard InChI is InChI=1S/C15H11ClN4S/c16-11-5-3-10(4-6-11)12-8-13(14-2-1-7-21-14)20-15(19-12)17-9-18-20/h1-9,13H,(H,17,18,19)/t13-/m0/s1. The van der Waals surface area contributed by atoms with Crippen LogP contribution in [0.25, 0.3) is 5.70 Å². The predicted octanol–water partition coefficient (Wildman–Crippen LogP) is 4.05. The van der Waals surface area contributed by atoms with Gasteiger partial charge in [0, 0.05) is 15.6 Å². The van der Waals surface area contributed by atoms with Gasteiger partial charge < -0.3 is 5.32 Å². The highest BCUT2D eigenvalue weighted by molar-refractivity contribution is 7.10. The van der Waals surface area contributed by atoms with Crippen LogP contribution in [0.5, 0.6) is 0 Å². The fourth-order valence-corrected chi connectivity index (χ4v) is 3.30. The van der Waals surface area contributed by atoms with Crippen LogP contribution in [0.1, 0.15) is 16.5 Å². The molecule has 104 valence electrons. The third-order valence-corrected chi connectivity index (χ3v) is 4.59. The number of hydrogen-bond donors (Lipinski definition) is 1. The van der Waals surface area contributed by atoms with Gasteiger partial charge in [-0.3, -0.25) is 0 Å². The number of nitrogens with zero attached hydrogens (tertiary/aromatic N) is 3.